The number of halogens is 4. The second-order valence-corrected chi connectivity index (χ2v) is 33.5. The average molecular weight is 1670 g/mol. The number of fused-ring (bicyclic) bond motifs is 6. The van der Waals surface area contributed by atoms with E-state index >= 15 is 8.78 Å². The summed E-state index contributed by atoms with van der Waals surface area (Å²) in [6.07, 6.45) is 14.2. The third kappa shape index (κ3) is 16.1. The SMILES string of the molecule is C=Cc1ccc(Oc2ccc(C3(c4ccc(F)cc4)c4ccccc4-c4ccc(N(c5ccc(-c6ccc(F)cc6)cc5)c5ccc(-c6cc(CCCCCC)c(-c7ccc(N(c8ccc(-c9ccc(F)cc9)cc8)c8ccc9c(c8)C(c8ccc(F)cc8)(c8ccc(Oc%10ccc(C=C)cc%10)cc8)c8ccccc8-9)cc7)cc6CCCCCC)cc5)cc43)cc2)cc1. The highest BCUT2D eigenvalue weighted by Gasteiger charge is 2.48. The minimum atomic E-state index is -0.897. The molecule has 19 rings (SSSR count). The van der Waals surface area contributed by atoms with Crippen LogP contribution in [0.4, 0.5) is 51.7 Å². The van der Waals surface area contributed by atoms with Gasteiger partial charge in [0, 0.05) is 34.1 Å². The quantitative estimate of drug-likeness (QED) is 0.0331. The molecule has 626 valence electrons. The zero-order valence-electron chi connectivity index (χ0n) is 71.8. The highest BCUT2D eigenvalue weighted by molar-refractivity contribution is 5.93. The average Bonchev–Trinajstić information content (AvgIpc) is 1.54. The first-order valence-corrected chi connectivity index (χ1v) is 44.6. The van der Waals surface area contributed by atoms with E-state index in [9.17, 15) is 8.78 Å². The van der Waals surface area contributed by atoms with E-state index < -0.39 is 10.8 Å². The molecule has 0 radical (unpaired) electrons. The fraction of sp³-hybridized carbons (Fsp3) is 0.117. The van der Waals surface area contributed by atoms with Gasteiger partial charge in [0.1, 0.15) is 46.3 Å². The number of nitrogens with zero attached hydrogens (tertiary/aromatic N) is 2. The van der Waals surface area contributed by atoms with Gasteiger partial charge >= 0.3 is 0 Å². The van der Waals surface area contributed by atoms with Crippen molar-refractivity contribution in [3.8, 4) is 89.8 Å². The molecule has 2 unspecified atom stereocenters. The number of rotatable bonds is 30. The lowest BCUT2D eigenvalue weighted by Crippen LogP contribution is -2.28. The summed E-state index contributed by atoms with van der Waals surface area (Å²) in [4.78, 5) is 4.67. The Morgan fingerprint density at radius 3 is 0.828 bits per heavy atom. The van der Waals surface area contributed by atoms with Crippen LogP contribution in [0, 0.1) is 23.3 Å². The van der Waals surface area contributed by atoms with E-state index in [0.717, 1.165) is 210 Å². The van der Waals surface area contributed by atoms with E-state index in [1.807, 2.05) is 133 Å². The first-order valence-electron chi connectivity index (χ1n) is 44.6. The Balaban J connectivity index is 0.721. The van der Waals surface area contributed by atoms with Gasteiger partial charge in [-0.25, -0.2) is 17.6 Å². The number of unbranched alkanes of at least 4 members (excludes halogenated alkanes) is 6. The van der Waals surface area contributed by atoms with Crippen LogP contribution in [0.3, 0.4) is 0 Å². The lowest BCUT2D eigenvalue weighted by Gasteiger charge is -2.35. The molecule has 0 amide bonds. The summed E-state index contributed by atoms with van der Waals surface area (Å²) in [6, 6.07) is 131. The van der Waals surface area contributed by atoms with E-state index in [0.29, 0.717) is 23.0 Å². The van der Waals surface area contributed by atoms with Gasteiger partial charge in [0.25, 0.3) is 0 Å². The Kier molecular flexibility index (Phi) is 23.5. The Labute approximate surface area is 748 Å². The third-order valence-corrected chi connectivity index (χ3v) is 25.8. The van der Waals surface area contributed by atoms with E-state index in [1.54, 1.807) is 24.3 Å². The van der Waals surface area contributed by atoms with Crippen LogP contribution in [0.2, 0.25) is 0 Å². The van der Waals surface area contributed by atoms with Crippen LogP contribution in [-0.2, 0) is 23.7 Å². The van der Waals surface area contributed by atoms with Gasteiger partial charge in [-0.05, 0) is 329 Å². The largest absolute Gasteiger partial charge is 0.457 e. The van der Waals surface area contributed by atoms with Gasteiger partial charge in [-0.1, -0.05) is 296 Å². The molecule has 8 heteroatoms. The topological polar surface area (TPSA) is 24.9 Å². The van der Waals surface area contributed by atoms with Crippen LogP contribution >= 0.6 is 0 Å². The lowest BCUT2D eigenvalue weighted by molar-refractivity contribution is 0.482. The fourth-order valence-corrected chi connectivity index (χ4v) is 19.4. The smallest absolute Gasteiger partial charge is 0.127 e. The summed E-state index contributed by atoms with van der Waals surface area (Å²) in [5, 5.41) is 0. The summed E-state index contributed by atoms with van der Waals surface area (Å²) < 4.78 is 72.8. The molecule has 0 heterocycles. The molecule has 0 aliphatic heterocycles. The van der Waals surface area contributed by atoms with E-state index in [-0.39, 0.29) is 23.3 Å². The van der Waals surface area contributed by atoms with Crippen LogP contribution in [-0.4, -0.2) is 0 Å². The number of anilines is 6. The second kappa shape index (κ2) is 36.4. The van der Waals surface area contributed by atoms with Crippen molar-refractivity contribution in [3.63, 3.8) is 0 Å². The monoisotopic (exact) mass is 1670 g/mol. The minimum Gasteiger partial charge on any atom is -0.457 e. The van der Waals surface area contributed by atoms with Crippen molar-refractivity contribution in [3.05, 3.63) is 491 Å². The molecule has 2 aliphatic rings. The standard InChI is InChI=1S/C120H96F4N2O2/c1-5-9-11-13-19-89-77-114(88-39-63-102(64-40-88)126(100-59-35-86(36-60-100)84-31-51-96(122)52-32-84)104-66-76-112-110-22-16-18-24-116(110)120(118(112)80-104,92-43-55-98(124)56-44-92)94-47-73-108(74-48-94)128-106-69-27-82(8-4)28-70-106)90(20-14-12-10-6-2)78-113(89)87-37-61-101(62-38-87)125(99-57-33-85(34-58-99)83-29-49-95(121)50-30-83)103-65-75-111-109-21-15-17-23-115(109)119(117(111)79-103,91-41-53-97(123)54-42-91)93-45-71-107(72-46-93)127-105-67-25-81(7-3)26-68-105/h7-8,15-18,21-80H,3-6,9-14,19-20H2,1-2H3. The molecule has 0 saturated heterocycles. The van der Waals surface area contributed by atoms with Crippen LogP contribution < -0.4 is 19.3 Å². The summed E-state index contributed by atoms with van der Waals surface area (Å²) in [5.74, 6) is 1.58. The van der Waals surface area contributed by atoms with Crippen molar-refractivity contribution in [2.24, 2.45) is 0 Å². The van der Waals surface area contributed by atoms with Gasteiger partial charge < -0.3 is 19.3 Å². The molecular weight excluding hydrogens is 1580 g/mol. The molecule has 0 fully saturated rings. The molecule has 128 heavy (non-hydrogen) atoms. The van der Waals surface area contributed by atoms with E-state index in [4.69, 9.17) is 9.47 Å². The van der Waals surface area contributed by atoms with Crippen molar-refractivity contribution in [2.45, 2.75) is 88.9 Å². The van der Waals surface area contributed by atoms with Gasteiger partial charge in [0.15, 0.2) is 0 Å². The Bertz CT molecular complexity index is 6420. The van der Waals surface area contributed by atoms with E-state index in [2.05, 4.69) is 255 Å². The number of ether oxygens (including phenoxy) is 2. The zero-order chi connectivity index (χ0) is 87.2. The number of hydrogen-bond donors (Lipinski definition) is 0. The van der Waals surface area contributed by atoms with Crippen molar-refractivity contribution in [1.82, 2.24) is 0 Å². The Morgan fingerprint density at radius 1 is 0.250 bits per heavy atom. The van der Waals surface area contributed by atoms with Gasteiger partial charge in [-0.2, -0.15) is 0 Å². The van der Waals surface area contributed by atoms with Gasteiger partial charge in [0.2, 0.25) is 0 Å². The van der Waals surface area contributed by atoms with Crippen LogP contribution in [0.25, 0.3) is 78.9 Å². The van der Waals surface area contributed by atoms with E-state index in [1.165, 1.54) is 46.5 Å². The Hall–Kier alpha value is -14.9. The Morgan fingerprint density at radius 2 is 0.516 bits per heavy atom. The maximum absolute atomic E-state index is 15.4. The highest BCUT2D eigenvalue weighted by Crippen LogP contribution is 2.60. The molecular formula is C120H96F4N2O2. The van der Waals surface area contributed by atoms with Crippen molar-refractivity contribution in [1.29, 1.82) is 0 Å². The number of hydrogen-bond acceptors (Lipinski definition) is 4. The van der Waals surface area contributed by atoms with Gasteiger partial charge in [0.05, 0.1) is 10.8 Å². The molecule has 4 nitrogen and oxygen atoms in total. The summed E-state index contributed by atoms with van der Waals surface area (Å²) in [6.45, 7) is 12.4. The highest BCUT2D eigenvalue weighted by atomic mass is 19.1. The molecule has 0 bridgehead atoms. The fourth-order valence-electron chi connectivity index (χ4n) is 19.4. The molecule has 0 aromatic heterocycles. The van der Waals surface area contributed by atoms with Crippen LogP contribution in [0.1, 0.15) is 132 Å². The van der Waals surface area contributed by atoms with Crippen molar-refractivity contribution in [2.75, 3.05) is 9.80 Å². The maximum Gasteiger partial charge on any atom is 0.127 e. The molecule has 0 spiro atoms. The first-order chi connectivity index (χ1) is 62.8. The predicted octanol–water partition coefficient (Wildman–Crippen LogP) is 33.7. The van der Waals surface area contributed by atoms with Crippen molar-refractivity contribution < 1.29 is 27.0 Å². The molecule has 0 N–H and O–H groups in total. The minimum absolute atomic E-state index is 0.288. The number of aryl methyl sites for hydroxylation is 2. The summed E-state index contributed by atoms with van der Waals surface area (Å²) in [5.41, 5.74) is 29.3. The predicted molar refractivity (Wildman–Crippen MR) is 521 cm³/mol. The normalized spacial score (nSPS) is 14.0. The van der Waals surface area contributed by atoms with Crippen molar-refractivity contribution >= 4 is 46.3 Å². The van der Waals surface area contributed by atoms with Crippen LogP contribution in [0.15, 0.2) is 401 Å². The first kappa shape index (κ1) is 82.7. The number of benzene rings is 17. The molecule has 0 saturated carbocycles. The van der Waals surface area contributed by atoms with Gasteiger partial charge in [-0.3, -0.25) is 0 Å². The molecule has 17 aromatic rings. The molecule has 2 atom stereocenters. The van der Waals surface area contributed by atoms with Crippen LogP contribution in [0.5, 0.6) is 23.0 Å². The maximum atomic E-state index is 15.4. The molecule has 17 aromatic carbocycles. The summed E-state index contributed by atoms with van der Waals surface area (Å²) >= 11 is 0. The zero-order valence-corrected chi connectivity index (χ0v) is 71.8. The van der Waals surface area contributed by atoms with Gasteiger partial charge in [-0.15, -0.1) is 0 Å². The third-order valence-electron chi connectivity index (χ3n) is 25.8. The molecule has 2 aliphatic carbocycles. The lowest BCUT2D eigenvalue weighted by atomic mass is 9.67. The summed E-state index contributed by atoms with van der Waals surface area (Å²) in [7, 11) is 0. The second-order valence-electron chi connectivity index (χ2n) is 33.5.